The fourth-order valence-corrected chi connectivity index (χ4v) is 5.79. The summed E-state index contributed by atoms with van der Waals surface area (Å²) in [6.45, 7) is 3.54. The number of hydrogen-bond donors (Lipinski definition) is 2. The number of esters is 1. The van der Waals surface area contributed by atoms with Crippen LogP contribution in [0, 0.1) is 11.8 Å². The lowest BCUT2D eigenvalue weighted by Crippen LogP contribution is -2.47. The van der Waals surface area contributed by atoms with Crippen LogP contribution >= 0.6 is 0 Å². The number of aromatic nitrogens is 1. The number of aromatic amines is 1. The Balaban J connectivity index is 1.32. The highest BCUT2D eigenvalue weighted by molar-refractivity contribution is 5.86. The van der Waals surface area contributed by atoms with Gasteiger partial charge in [0.1, 0.15) is 5.75 Å². The molecule has 2 amide bonds. The maximum atomic E-state index is 13.5. The number of nitrogens with zero attached hydrogens (tertiary/aromatic N) is 1. The zero-order valence-corrected chi connectivity index (χ0v) is 21.1. The van der Waals surface area contributed by atoms with Crippen LogP contribution in [-0.2, 0) is 16.0 Å². The summed E-state index contributed by atoms with van der Waals surface area (Å²) < 4.78 is 10.5. The predicted molar refractivity (Wildman–Crippen MR) is 139 cm³/mol. The van der Waals surface area contributed by atoms with Crippen LogP contribution in [0.4, 0.5) is 4.79 Å². The standard InChI is InChI=1S/C29H35N3O4/c1-3-36-28(33)21-10-8-19(9-11-21)18-30-29(34)32-17-16-24-23-6-4-5-7-25(23)31-26(24)27(32)20-12-14-22(35-2)15-13-20/h4-7,12-15,19,21,27,31H,3,8-11,16-18H2,1-2H3,(H,30,34). The molecule has 0 bridgehead atoms. The van der Waals surface area contributed by atoms with Crippen molar-refractivity contribution in [2.75, 3.05) is 26.8 Å². The summed E-state index contributed by atoms with van der Waals surface area (Å²) in [5, 5.41) is 4.44. The van der Waals surface area contributed by atoms with Crippen molar-refractivity contribution >= 4 is 22.9 Å². The highest BCUT2D eigenvalue weighted by Crippen LogP contribution is 2.39. The van der Waals surface area contributed by atoms with Gasteiger partial charge >= 0.3 is 12.0 Å². The third-order valence-electron chi connectivity index (χ3n) is 7.74. The second kappa shape index (κ2) is 10.6. The Hall–Kier alpha value is -3.48. The summed E-state index contributed by atoms with van der Waals surface area (Å²) in [6, 6.07) is 16.1. The molecular weight excluding hydrogens is 454 g/mol. The van der Waals surface area contributed by atoms with Gasteiger partial charge in [0.2, 0.25) is 0 Å². The van der Waals surface area contributed by atoms with Crippen LogP contribution in [0.5, 0.6) is 5.75 Å². The number of carbonyl (C=O) groups is 2. The highest BCUT2D eigenvalue weighted by atomic mass is 16.5. The van der Waals surface area contributed by atoms with E-state index in [1.54, 1.807) is 7.11 Å². The average Bonchev–Trinajstić information content (AvgIpc) is 3.30. The smallest absolute Gasteiger partial charge is 0.318 e. The molecule has 1 aromatic heterocycles. The van der Waals surface area contributed by atoms with Crippen molar-refractivity contribution in [3.63, 3.8) is 0 Å². The molecule has 1 saturated carbocycles. The Kier molecular flexibility index (Phi) is 7.16. The first-order chi connectivity index (χ1) is 17.6. The Bertz CT molecular complexity index is 1210. The molecule has 1 aliphatic heterocycles. The van der Waals surface area contributed by atoms with Gasteiger partial charge in [-0.3, -0.25) is 4.79 Å². The van der Waals surface area contributed by atoms with E-state index in [2.05, 4.69) is 28.5 Å². The largest absolute Gasteiger partial charge is 0.497 e. The van der Waals surface area contributed by atoms with Gasteiger partial charge in [-0.2, -0.15) is 0 Å². The zero-order valence-electron chi connectivity index (χ0n) is 21.1. The van der Waals surface area contributed by atoms with Gasteiger partial charge in [-0.15, -0.1) is 0 Å². The summed E-state index contributed by atoms with van der Waals surface area (Å²) in [4.78, 5) is 31.1. The molecular formula is C29H35N3O4. The summed E-state index contributed by atoms with van der Waals surface area (Å²) in [5.74, 6) is 1.09. The zero-order chi connectivity index (χ0) is 25.1. The minimum Gasteiger partial charge on any atom is -0.497 e. The van der Waals surface area contributed by atoms with Gasteiger partial charge in [0.25, 0.3) is 0 Å². The molecule has 1 atom stereocenters. The molecule has 0 radical (unpaired) electrons. The summed E-state index contributed by atoms with van der Waals surface area (Å²) >= 11 is 0. The molecule has 1 aliphatic carbocycles. The van der Waals surface area contributed by atoms with Crippen LogP contribution in [0.2, 0.25) is 0 Å². The first-order valence-electron chi connectivity index (χ1n) is 13.0. The Morgan fingerprint density at radius 3 is 2.53 bits per heavy atom. The van der Waals surface area contributed by atoms with Crippen molar-refractivity contribution in [3.8, 4) is 5.75 Å². The van der Waals surface area contributed by atoms with Gasteiger partial charge in [0.15, 0.2) is 0 Å². The summed E-state index contributed by atoms with van der Waals surface area (Å²) in [7, 11) is 1.66. The molecule has 2 N–H and O–H groups in total. The van der Waals surface area contributed by atoms with Crippen LogP contribution < -0.4 is 10.1 Å². The van der Waals surface area contributed by atoms with Gasteiger partial charge < -0.3 is 24.7 Å². The van der Waals surface area contributed by atoms with E-state index in [0.717, 1.165) is 54.6 Å². The fraction of sp³-hybridized carbons (Fsp3) is 0.448. The third-order valence-corrected chi connectivity index (χ3v) is 7.74. The van der Waals surface area contributed by atoms with E-state index in [0.29, 0.717) is 25.6 Å². The van der Waals surface area contributed by atoms with Crippen LogP contribution in [-0.4, -0.2) is 48.7 Å². The summed E-state index contributed by atoms with van der Waals surface area (Å²) in [5.41, 5.74) is 4.51. The number of rotatable bonds is 6. The molecule has 36 heavy (non-hydrogen) atoms. The minimum atomic E-state index is -0.202. The first kappa shape index (κ1) is 24.2. The number of H-pyrrole nitrogens is 1. The number of carbonyl (C=O) groups excluding carboxylic acids is 2. The Morgan fingerprint density at radius 1 is 1.06 bits per heavy atom. The molecule has 0 saturated heterocycles. The molecule has 3 aromatic rings. The van der Waals surface area contributed by atoms with Gasteiger partial charge in [0, 0.05) is 29.7 Å². The van der Waals surface area contributed by atoms with Crippen LogP contribution in [0.15, 0.2) is 48.5 Å². The molecule has 1 fully saturated rings. The van der Waals surface area contributed by atoms with E-state index in [4.69, 9.17) is 9.47 Å². The quantitative estimate of drug-likeness (QED) is 0.466. The van der Waals surface area contributed by atoms with Crippen molar-refractivity contribution in [1.82, 2.24) is 15.2 Å². The molecule has 2 aliphatic rings. The molecule has 2 aromatic carbocycles. The molecule has 1 unspecified atom stereocenters. The van der Waals surface area contributed by atoms with E-state index in [1.807, 2.05) is 42.2 Å². The van der Waals surface area contributed by atoms with Crippen molar-refractivity contribution < 1.29 is 19.1 Å². The first-order valence-corrected chi connectivity index (χ1v) is 13.0. The topological polar surface area (TPSA) is 83.7 Å². The van der Waals surface area contributed by atoms with Crippen molar-refractivity contribution in [2.24, 2.45) is 11.8 Å². The fourth-order valence-electron chi connectivity index (χ4n) is 5.79. The average molecular weight is 490 g/mol. The normalized spacial score (nSPS) is 21.6. The number of fused-ring (bicyclic) bond motifs is 3. The number of methoxy groups -OCH3 is 1. The van der Waals surface area contributed by atoms with Crippen molar-refractivity contribution in [2.45, 2.75) is 45.1 Å². The number of benzene rings is 2. The number of hydrogen-bond acceptors (Lipinski definition) is 4. The second-order valence-corrected chi connectivity index (χ2v) is 9.84. The Labute approximate surface area is 212 Å². The van der Waals surface area contributed by atoms with Crippen LogP contribution in [0.1, 0.15) is 55.5 Å². The SMILES string of the molecule is CCOC(=O)C1CCC(CNC(=O)N2CCc3c([nH]c4ccccc34)C2c2ccc(OC)cc2)CC1. The molecule has 5 rings (SSSR count). The molecule has 7 nitrogen and oxygen atoms in total. The monoisotopic (exact) mass is 489 g/mol. The molecule has 7 heteroatoms. The number of urea groups is 1. The number of para-hydroxylation sites is 1. The van der Waals surface area contributed by atoms with E-state index < -0.39 is 0 Å². The lowest BCUT2D eigenvalue weighted by Gasteiger charge is -2.37. The van der Waals surface area contributed by atoms with Gasteiger partial charge in [-0.25, -0.2) is 4.79 Å². The Morgan fingerprint density at radius 2 is 1.81 bits per heavy atom. The van der Waals surface area contributed by atoms with Gasteiger partial charge in [-0.1, -0.05) is 30.3 Å². The third kappa shape index (κ3) is 4.79. The lowest BCUT2D eigenvalue weighted by molar-refractivity contribution is -0.149. The van der Waals surface area contributed by atoms with Gasteiger partial charge in [-0.05, 0) is 74.3 Å². The predicted octanol–water partition coefficient (Wildman–Crippen LogP) is 5.20. The highest BCUT2D eigenvalue weighted by Gasteiger charge is 2.35. The van der Waals surface area contributed by atoms with E-state index in [1.165, 1.54) is 10.9 Å². The molecule has 2 heterocycles. The molecule has 0 spiro atoms. The number of amides is 2. The van der Waals surface area contributed by atoms with E-state index in [-0.39, 0.29) is 24.0 Å². The van der Waals surface area contributed by atoms with Gasteiger partial charge in [0.05, 0.1) is 25.7 Å². The van der Waals surface area contributed by atoms with Crippen LogP contribution in [0.3, 0.4) is 0 Å². The van der Waals surface area contributed by atoms with Crippen molar-refractivity contribution in [3.05, 3.63) is 65.4 Å². The summed E-state index contributed by atoms with van der Waals surface area (Å²) in [6.07, 6.45) is 4.33. The number of ether oxygens (including phenoxy) is 2. The minimum absolute atomic E-state index is 0.00104. The second-order valence-electron chi connectivity index (χ2n) is 9.84. The maximum absolute atomic E-state index is 13.5. The lowest BCUT2D eigenvalue weighted by atomic mass is 9.82. The number of nitrogens with one attached hydrogen (secondary N) is 2. The van der Waals surface area contributed by atoms with E-state index >= 15 is 0 Å². The molecule has 190 valence electrons. The maximum Gasteiger partial charge on any atom is 0.318 e. The van der Waals surface area contributed by atoms with Crippen LogP contribution in [0.25, 0.3) is 10.9 Å². The van der Waals surface area contributed by atoms with E-state index in [9.17, 15) is 9.59 Å². The van der Waals surface area contributed by atoms with Crippen molar-refractivity contribution in [1.29, 1.82) is 0 Å².